The molecule has 1 spiro atoms. The molecule has 2 N–H and O–H groups in total. The fraction of sp³-hybridized carbons (Fsp3) is 0.281. The zero-order valence-electron chi connectivity index (χ0n) is 21.3. The van der Waals surface area contributed by atoms with Crippen LogP contribution in [0.15, 0.2) is 72.9 Å². The molecule has 0 aliphatic heterocycles. The van der Waals surface area contributed by atoms with Gasteiger partial charge in [0, 0.05) is 17.0 Å². The van der Waals surface area contributed by atoms with E-state index in [0.29, 0.717) is 12.1 Å². The van der Waals surface area contributed by atoms with E-state index in [-0.39, 0.29) is 23.3 Å². The molecule has 6 heteroatoms. The van der Waals surface area contributed by atoms with E-state index in [0.717, 1.165) is 53.3 Å². The molecule has 2 aliphatic rings. The number of fused-ring (bicyclic) bond motifs is 1. The first-order valence-corrected chi connectivity index (χ1v) is 13.0. The Morgan fingerprint density at radius 1 is 1.03 bits per heavy atom. The van der Waals surface area contributed by atoms with Crippen LogP contribution in [0.2, 0.25) is 0 Å². The molecule has 4 aromatic rings. The predicted octanol–water partition coefficient (Wildman–Crippen LogP) is 5.50. The standard InChI is InChI=1S/C32H29N3O3/c1-2-6-22-13-25-19-33-35(20-21-9-11-24(12-10-21)23-7-4-3-5-8-23)29(25)28(14-22)30(36)34-27-17-32(18-27)15-26(16-32)31(37)38/h3-5,7-14,19,26-27H,15-18,20H2,1H3,(H,34,36)(H,37,38). The maximum atomic E-state index is 13.5. The molecule has 3 aromatic carbocycles. The summed E-state index contributed by atoms with van der Waals surface area (Å²) in [5, 5.41) is 17.9. The first-order chi connectivity index (χ1) is 18.4. The third-order valence-electron chi connectivity index (χ3n) is 8.04. The molecular weight excluding hydrogens is 474 g/mol. The van der Waals surface area contributed by atoms with Crippen LogP contribution in [0.1, 0.15) is 54.1 Å². The second kappa shape index (κ2) is 9.50. The van der Waals surface area contributed by atoms with E-state index in [9.17, 15) is 14.7 Å². The van der Waals surface area contributed by atoms with Crippen molar-refractivity contribution in [1.29, 1.82) is 0 Å². The average Bonchev–Trinajstić information content (AvgIpc) is 3.27. The number of hydrogen-bond acceptors (Lipinski definition) is 3. The number of aliphatic carboxylic acids is 1. The topological polar surface area (TPSA) is 84.2 Å². The lowest BCUT2D eigenvalue weighted by Gasteiger charge is -2.56. The molecule has 0 atom stereocenters. The fourth-order valence-electron chi connectivity index (χ4n) is 6.19. The number of carbonyl (C=O) groups is 2. The van der Waals surface area contributed by atoms with Crippen LogP contribution >= 0.6 is 0 Å². The zero-order chi connectivity index (χ0) is 26.3. The van der Waals surface area contributed by atoms with Gasteiger partial charge < -0.3 is 10.4 Å². The zero-order valence-corrected chi connectivity index (χ0v) is 21.3. The fourth-order valence-corrected chi connectivity index (χ4v) is 6.19. The summed E-state index contributed by atoms with van der Waals surface area (Å²) in [7, 11) is 0. The number of aromatic nitrogens is 2. The summed E-state index contributed by atoms with van der Waals surface area (Å²) in [4.78, 5) is 24.7. The molecule has 2 fully saturated rings. The first-order valence-electron chi connectivity index (χ1n) is 13.0. The summed E-state index contributed by atoms with van der Waals surface area (Å²) in [6.45, 7) is 2.32. The van der Waals surface area contributed by atoms with Crippen LogP contribution in [0.4, 0.5) is 0 Å². The van der Waals surface area contributed by atoms with E-state index in [1.165, 1.54) is 5.56 Å². The van der Waals surface area contributed by atoms with Gasteiger partial charge in [-0.3, -0.25) is 14.3 Å². The third-order valence-corrected chi connectivity index (χ3v) is 8.04. The van der Waals surface area contributed by atoms with E-state index in [1.54, 1.807) is 13.1 Å². The van der Waals surface area contributed by atoms with Gasteiger partial charge in [-0.2, -0.15) is 5.10 Å². The number of nitrogens with one attached hydrogen (secondary N) is 1. The Labute approximate surface area is 221 Å². The molecule has 2 aliphatic carbocycles. The van der Waals surface area contributed by atoms with Crippen LogP contribution < -0.4 is 5.32 Å². The monoisotopic (exact) mass is 503 g/mol. The van der Waals surface area contributed by atoms with Gasteiger partial charge in [-0.05, 0) is 66.8 Å². The van der Waals surface area contributed by atoms with Crippen LogP contribution in [-0.2, 0) is 11.3 Å². The van der Waals surface area contributed by atoms with Crippen LogP contribution in [0.5, 0.6) is 0 Å². The van der Waals surface area contributed by atoms with E-state index < -0.39 is 5.97 Å². The van der Waals surface area contributed by atoms with E-state index in [1.807, 2.05) is 35.0 Å². The van der Waals surface area contributed by atoms with E-state index in [4.69, 9.17) is 0 Å². The molecule has 1 aromatic heterocycles. The third kappa shape index (κ3) is 4.45. The van der Waals surface area contributed by atoms with Gasteiger partial charge >= 0.3 is 5.97 Å². The highest BCUT2D eigenvalue weighted by Crippen LogP contribution is 2.58. The molecule has 2 saturated carbocycles. The number of benzene rings is 3. The van der Waals surface area contributed by atoms with Crippen molar-refractivity contribution in [1.82, 2.24) is 15.1 Å². The number of hydrogen-bond donors (Lipinski definition) is 2. The Bertz CT molecular complexity index is 1580. The van der Waals surface area contributed by atoms with E-state index in [2.05, 4.69) is 58.7 Å². The van der Waals surface area contributed by atoms with Crippen LogP contribution in [-0.4, -0.2) is 32.8 Å². The predicted molar refractivity (Wildman–Crippen MR) is 147 cm³/mol. The molecule has 1 amide bonds. The molecular formula is C32H29N3O3. The maximum absolute atomic E-state index is 13.5. The molecule has 190 valence electrons. The van der Waals surface area contributed by atoms with Gasteiger partial charge in [-0.15, -0.1) is 5.92 Å². The summed E-state index contributed by atoms with van der Waals surface area (Å²) in [6.07, 6.45) is 4.91. The van der Waals surface area contributed by atoms with Crippen molar-refractivity contribution < 1.29 is 14.7 Å². The van der Waals surface area contributed by atoms with Crippen LogP contribution in [0.3, 0.4) is 0 Å². The van der Waals surface area contributed by atoms with Crippen LogP contribution in [0.25, 0.3) is 22.0 Å². The normalized spacial score (nSPS) is 21.7. The van der Waals surface area contributed by atoms with Gasteiger partial charge in [0.15, 0.2) is 0 Å². The Morgan fingerprint density at radius 3 is 2.42 bits per heavy atom. The minimum atomic E-state index is -0.706. The highest BCUT2D eigenvalue weighted by atomic mass is 16.4. The maximum Gasteiger partial charge on any atom is 0.306 e. The lowest BCUT2D eigenvalue weighted by atomic mass is 9.50. The van der Waals surface area contributed by atoms with Crippen molar-refractivity contribution in [3.63, 3.8) is 0 Å². The van der Waals surface area contributed by atoms with Crippen molar-refractivity contribution in [3.05, 3.63) is 89.6 Å². The second-order valence-electron chi connectivity index (χ2n) is 10.7. The second-order valence-corrected chi connectivity index (χ2v) is 10.7. The molecule has 0 unspecified atom stereocenters. The molecule has 6 rings (SSSR count). The van der Waals surface area contributed by atoms with Crippen molar-refractivity contribution in [2.24, 2.45) is 11.3 Å². The number of carboxylic acids is 1. The SMILES string of the molecule is CC#Cc1cc(C(=O)NC2CC3(C2)CC(C(=O)O)C3)c2c(cnn2Cc2ccc(-c3ccccc3)cc2)c1. The summed E-state index contributed by atoms with van der Waals surface area (Å²) < 4.78 is 1.89. The number of nitrogens with zero attached hydrogens (tertiary/aromatic N) is 2. The average molecular weight is 504 g/mol. The van der Waals surface area contributed by atoms with Crippen LogP contribution in [0, 0.1) is 23.2 Å². The summed E-state index contributed by atoms with van der Waals surface area (Å²) in [5.41, 5.74) is 5.66. The van der Waals surface area contributed by atoms with Gasteiger partial charge in [0.05, 0.1) is 29.7 Å². The minimum Gasteiger partial charge on any atom is -0.481 e. The van der Waals surface area contributed by atoms with Gasteiger partial charge in [-0.25, -0.2) is 0 Å². The number of rotatable bonds is 6. The summed E-state index contributed by atoms with van der Waals surface area (Å²) in [6, 6.07) is 22.6. The summed E-state index contributed by atoms with van der Waals surface area (Å²) in [5.74, 6) is 4.94. The van der Waals surface area contributed by atoms with Gasteiger partial charge in [-0.1, -0.05) is 60.5 Å². The molecule has 38 heavy (non-hydrogen) atoms. The van der Waals surface area contributed by atoms with E-state index >= 15 is 0 Å². The number of carboxylic acid groups (broad SMARTS) is 1. The van der Waals surface area contributed by atoms with Gasteiger partial charge in [0.25, 0.3) is 5.91 Å². The summed E-state index contributed by atoms with van der Waals surface area (Å²) >= 11 is 0. The largest absolute Gasteiger partial charge is 0.481 e. The lowest BCUT2D eigenvalue weighted by molar-refractivity contribution is -0.155. The van der Waals surface area contributed by atoms with Gasteiger partial charge in [0.1, 0.15) is 0 Å². The van der Waals surface area contributed by atoms with Crippen molar-refractivity contribution >= 4 is 22.8 Å². The Hall–Kier alpha value is -4.37. The molecule has 0 saturated heterocycles. The number of amides is 1. The Morgan fingerprint density at radius 2 is 1.74 bits per heavy atom. The Kier molecular flexibility index (Phi) is 6.00. The van der Waals surface area contributed by atoms with Gasteiger partial charge in [0.2, 0.25) is 0 Å². The highest BCUT2D eigenvalue weighted by Gasteiger charge is 2.55. The number of carbonyl (C=O) groups excluding carboxylic acids is 1. The Balaban J connectivity index is 1.23. The smallest absolute Gasteiger partial charge is 0.306 e. The van der Waals surface area contributed by atoms with Crippen molar-refractivity contribution in [2.75, 3.05) is 0 Å². The quantitative estimate of drug-likeness (QED) is 0.341. The van der Waals surface area contributed by atoms with Crippen molar-refractivity contribution in [3.8, 4) is 23.0 Å². The minimum absolute atomic E-state index is 0.0649. The molecule has 1 heterocycles. The van der Waals surface area contributed by atoms with Crippen molar-refractivity contribution in [2.45, 2.75) is 45.2 Å². The highest BCUT2D eigenvalue weighted by molar-refractivity contribution is 6.06. The lowest BCUT2D eigenvalue weighted by Crippen LogP contribution is -2.57. The first kappa shape index (κ1) is 24.0. The molecule has 0 radical (unpaired) electrons. The molecule has 6 nitrogen and oxygen atoms in total. The molecule has 0 bridgehead atoms.